The molecule has 11 heteroatoms. The summed E-state index contributed by atoms with van der Waals surface area (Å²) in [5.41, 5.74) is 0.0866. The van der Waals surface area contributed by atoms with Gasteiger partial charge in [0.05, 0.1) is 18.7 Å². The number of fused-ring (bicyclic) bond motifs is 1. The van der Waals surface area contributed by atoms with E-state index in [1.54, 1.807) is 0 Å². The van der Waals surface area contributed by atoms with Gasteiger partial charge in [0.2, 0.25) is 0 Å². The first-order chi connectivity index (χ1) is 12.1. The van der Waals surface area contributed by atoms with E-state index in [-0.39, 0.29) is 28.0 Å². The highest BCUT2D eigenvalue weighted by Crippen LogP contribution is 2.29. The van der Waals surface area contributed by atoms with E-state index in [0.717, 1.165) is 6.07 Å². The van der Waals surface area contributed by atoms with Crippen molar-refractivity contribution in [2.45, 2.75) is 25.4 Å². The van der Waals surface area contributed by atoms with Crippen LogP contribution in [0.25, 0.3) is 16.9 Å². The lowest BCUT2D eigenvalue weighted by Gasteiger charge is -2.12. The van der Waals surface area contributed by atoms with Gasteiger partial charge in [0.25, 0.3) is 5.82 Å². The highest BCUT2D eigenvalue weighted by Gasteiger charge is 2.37. The molecule has 0 saturated carbocycles. The van der Waals surface area contributed by atoms with Gasteiger partial charge >= 0.3 is 12.4 Å². The molecule has 0 unspecified atom stereocenters. The van der Waals surface area contributed by atoms with Gasteiger partial charge in [-0.2, -0.15) is 36.0 Å². The van der Waals surface area contributed by atoms with E-state index in [1.165, 1.54) is 24.3 Å². The van der Waals surface area contributed by atoms with E-state index in [0.29, 0.717) is 4.52 Å². The number of rotatable bonds is 3. The molecule has 0 aliphatic rings. The second-order valence-electron chi connectivity index (χ2n) is 5.44. The summed E-state index contributed by atoms with van der Waals surface area (Å²) < 4.78 is 76.9. The van der Waals surface area contributed by atoms with Gasteiger partial charge in [-0.3, -0.25) is 0 Å². The first-order valence-electron chi connectivity index (χ1n) is 7.18. The maximum absolute atomic E-state index is 12.9. The largest absolute Gasteiger partial charge is 0.453 e. The Labute approximate surface area is 141 Å². The van der Waals surface area contributed by atoms with E-state index in [2.05, 4.69) is 15.3 Å². The molecule has 0 aliphatic heterocycles. The average Bonchev–Trinajstić information content (AvgIpc) is 2.97. The van der Waals surface area contributed by atoms with Gasteiger partial charge in [-0.25, -0.2) is 0 Å². The molecule has 0 bridgehead atoms. The molecule has 1 N–H and O–H groups in total. The van der Waals surface area contributed by atoms with Crippen LogP contribution in [-0.4, -0.2) is 31.1 Å². The van der Waals surface area contributed by atoms with E-state index >= 15 is 0 Å². The van der Waals surface area contributed by atoms with Crippen LogP contribution in [0.1, 0.15) is 17.0 Å². The van der Waals surface area contributed by atoms with Gasteiger partial charge in [-0.05, 0) is 29.3 Å². The van der Waals surface area contributed by atoms with Crippen molar-refractivity contribution in [1.29, 1.82) is 0 Å². The molecule has 1 aromatic carbocycles. The van der Waals surface area contributed by atoms with Gasteiger partial charge in [0, 0.05) is 5.56 Å². The van der Waals surface area contributed by atoms with Crippen LogP contribution in [0.2, 0.25) is 0 Å². The number of aromatic nitrogens is 4. The predicted octanol–water partition coefficient (Wildman–Crippen LogP) is 3.41. The molecule has 2 aromatic heterocycles. The Morgan fingerprint density at radius 2 is 1.65 bits per heavy atom. The number of halogens is 6. The number of aliphatic hydroxyl groups excluding tert-OH is 1. The fourth-order valence-corrected chi connectivity index (χ4v) is 2.44. The Bertz CT molecular complexity index is 947. The standard InChI is InChI=1S/C15H10F6N4O/c16-14(17,18)6-9-2-1-8(5-10(9)7-26)11-3-4-12-22-23-13(15(19,20)21)25(12)24-11/h1-5,26H,6-7H2. The molecule has 0 atom stereocenters. The van der Waals surface area contributed by atoms with Crippen LogP contribution >= 0.6 is 0 Å². The zero-order chi connectivity index (χ0) is 19.1. The summed E-state index contributed by atoms with van der Waals surface area (Å²) in [6, 6.07) is 6.34. The normalized spacial score (nSPS) is 12.7. The number of hydrogen-bond acceptors (Lipinski definition) is 4. The Kier molecular flexibility index (Phi) is 4.34. The summed E-state index contributed by atoms with van der Waals surface area (Å²) in [5.74, 6) is -1.31. The minimum absolute atomic E-state index is 0.0153. The minimum atomic E-state index is -4.77. The van der Waals surface area contributed by atoms with E-state index in [4.69, 9.17) is 0 Å². The molecular formula is C15H10F6N4O. The Morgan fingerprint density at radius 1 is 0.923 bits per heavy atom. The summed E-state index contributed by atoms with van der Waals surface area (Å²) in [5, 5.41) is 19.6. The van der Waals surface area contributed by atoms with Crippen LogP contribution in [0.3, 0.4) is 0 Å². The number of hydrogen-bond donors (Lipinski definition) is 1. The molecule has 3 aromatic rings. The molecule has 3 rings (SSSR count). The van der Waals surface area contributed by atoms with Crippen LogP contribution in [0.5, 0.6) is 0 Å². The molecule has 138 valence electrons. The molecule has 0 aliphatic carbocycles. The second kappa shape index (κ2) is 6.24. The summed E-state index contributed by atoms with van der Waals surface area (Å²) in [6.07, 6.45) is -10.4. The molecule has 0 saturated heterocycles. The third-order valence-corrected chi connectivity index (χ3v) is 3.58. The molecule has 5 nitrogen and oxygen atoms in total. The zero-order valence-corrected chi connectivity index (χ0v) is 12.8. The van der Waals surface area contributed by atoms with E-state index in [9.17, 15) is 31.4 Å². The van der Waals surface area contributed by atoms with Crippen LogP contribution in [0.15, 0.2) is 30.3 Å². The fourth-order valence-electron chi connectivity index (χ4n) is 2.44. The zero-order valence-electron chi connectivity index (χ0n) is 12.8. The van der Waals surface area contributed by atoms with Crippen molar-refractivity contribution in [1.82, 2.24) is 19.8 Å². The van der Waals surface area contributed by atoms with Crippen LogP contribution in [0.4, 0.5) is 26.3 Å². The van der Waals surface area contributed by atoms with Gasteiger partial charge in [-0.15, -0.1) is 10.2 Å². The maximum Gasteiger partial charge on any atom is 0.453 e. The van der Waals surface area contributed by atoms with Crippen molar-refractivity contribution < 1.29 is 31.4 Å². The van der Waals surface area contributed by atoms with Gasteiger partial charge in [-0.1, -0.05) is 12.1 Å². The summed E-state index contributed by atoms with van der Waals surface area (Å²) >= 11 is 0. The van der Waals surface area contributed by atoms with Crippen molar-refractivity contribution in [3.63, 3.8) is 0 Å². The van der Waals surface area contributed by atoms with Gasteiger partial charge in [0.1, 0.15) is 0 Å². The number of benzene rings is 1. The molecule has 0 amide bonds. The third kappa shape index (κ3) is 3.62. The lowest BCUT2D eigenvalue weighted by molar-refractivity contribution is -0.146. The maximum atomic E-state index is 12.9. The molecule has 26 heavy (non-hydrogen) atoms. The number of nitrogens with zero attached hydrogens (tertiary/aromatic N) is 4. The first-order valence-corrected chi connectivity index (χ1v) is 7.18. The van der Waals surface area contributed by atoms with Crippen molar-refractivity contribution in [2.75, 3.05) is 0 Å². The Balaban J connectivity index is 2.06. The minimum Gasteiger partial charge on any atom is -0.392 e. The molecular weight excluding hydrogens is 366 g/mol. The van der Waals surface area contributed by atoms with E-state index in [1.807, 2.05) is 0 Å². The monoisotopic (exact) mass is 376 g/mol. The highest BCUT2D eigenvalue weighted by molar-refractivity contribution is 5.62. The van der Waals surface area contributed by atoms with E-state index < -0.39 is 31.2 Å². The predicted molar refractivity (Wildman–Crippen MR) is 76.9 cm³/mol. The topological polar surface area (TPSA) is 63.3 Å². The van der Waals surface area contributed by atoms with Crippen molar-refractivity contribution >= 4 is 5.65 Å². The highest BCUT2D eigenvalue weighted by atomic mass is 19.4. The lowest BCUT2D eigenvalue weighted by atomic mass is 10.00. The quantitative estimate of drug-likeness (QED) is 0.712. The summed E-state index contributed by atoms with van der Waals surface area (Å²) in [4.78, 5) is 0. The van der Waals surface area contributed by atoms with Gasteiger partial charge in [0.15, 0.2) is 5.65 Å². The molecule has 0 fully saturated rings. The number of aliphatic hydroxyl groups is 1. The SMILES string of the molecule is OCc1cc(-c2ccc3nnc(C(F)(F)F)n3n2)ccc1CC(F)(F)F. The van der Waals surface area contributed by atoms with Crippen LogP contribution in [-0.2, 0) is 19.2 Å². The Hall–Kier alpha value is -2.69. The van der Waals surface area contributed by atoms with Crippen molar-refractivity contribution in [2.24, 2.45) is 0 Å². The van der Waals surface area contributed by atoms with Gasteiger partial charge < -0.3 is 5.11 Å². The van der Waals surface area contributed by atoms with Crippen LogP contribution in [0, 0.1) is 0 Å². The average molecular weight is 376 g/mol. The summed E-state index contributed by atoms with van der Waals surface area (Å²) in [6.45, 7) is -0.651. The molecule has 2 heterocycles. The second-order valence-corrected chi connectivity index (χ2v) is 5.44. The Morgan fingerprint density at radius 3 is 2.27 bits per heavy atom. The first kappa shape index (κ1) is 18.1. The summed E-state index contributed by atoms with van der Waals surface area (Å²) in [7, 11) is 0. The van der Waals surface area contributed by atoms with Crippen LogP contribution < -0.4 is 0 Å². The van der Waals surface area contributed by atoms with Crippen molar-refractivity contribution in [3.8, 4) is 11.3 Å². The molecule has 0 radical (unpaired) electrons. The van der Waals surface area contributed by atoms with Crippen molar-refractivity contribution in [3.05, 3.63) is 47.3 Å². The number of alkyl halides is 6. The third-order valence-electron chi connectivity index (χ3n) is 3.58. The fraction of sp³-hybridized carbons (Fsp3) is 0.267. The lowest BCUT2D eigenvalue weighted by Crippen LogP contribution is -2.13. The molecule has 0 spiro atoms. The smallest absolute Gasteiger partial charge is 0.392 e.